The number of hydrogen-bond acceptors (Lipinski definition) is 3. The van der Waals surface area contributed by atoms with E-state index in [-0.39, 0.29) is 23.0 Å². The Morgan fingerprint density at radius 2 is 1.48 bits per heavy atom. The van der Waals surface area contributed by atoms with Crippen LogP contribution in [0.5, 0.6) is 0 Å². The summed E-state index contributed by atoms with van der Waals surface area (Å²) in [4.78, 5) is 23.5. The summed E-state index contributed by atoms with van der Waals surface area (Å²) < 4.78 is 26.9. The smallest absolute Gasteiger partial charge is 0.243 e. The third kappa shape index (κ3) is 5.92. The van der Waals surface area contributed by atoms with Crippen LogP contribution in [0.2, 0.25) is 0 Å². The molecule has 0 aliphatic rings. The average molecular weight is 363 g/mol. The molecule has 0 aliphatic carbocycles. The highest BCUT2D eigenvalue weighted by molar-refractivity contribution is 7.80. The van der Waals surface area contributed by atoms with Gasteiger partial charge in [-0.1, -0.05) is 36.4 Å². The lowest BCUT2D eigenvalue weighted by Crippen LogP contribution is -2.49. The molecule has 0 spiro atoms. The van der Waals surface area contributed by atoms with E-state index in [9.17, 15) is 18.4 Å². The molecule has 0 saturated heterocycles. The lowest BCUT2D eigenvalue weighted by molar-refractivity contribution is -0.121. The third-order valence-electron chi connectivity index (χ3n) is 3.17. The molecule has 0 unspecified atom stereocenters. The highest BCUT2D eigenvalue weighted by atomic mass is 32.1. The van der Waals surface area contributed by atoms with Crippen LogP contribution < -0.4 is 16.2 Å². The Morgan fingerprint density at radius 1 is 0.840 bits per heavy atom. The summed E-state index contributed by atoms with van der Waals surface area (Å²) >= 11 is 4.88. The third-order valence-corrected chi connectivity index (χ3v) is 3.38. The van der Waals surface area contributed by atoms with E-state index < -0.39 is 24.0 Å². The summed E-state index contributed by atoms with van der Waals surface area (Å²) in [6.45, 7) is 0. The maximum absolute atomic E-state index is 13.5. The van der Waals surface area contributed by atoms with Gasteiger partial charge in [-0.2, -0.15) is 0 Å². The van der Waals surface area contributed by atoms with E-state index in [1.807, 2.05) is 6.07 Å². The Hall–Kier alpha value is -2.87. The summed E-state index contributed by atoms with van der Waals surface area (Å²) in [7, 11) is 0. The van der Waals surface area contributed by atoms with E-state index in [0.717, 1.165) is 17.7 Å². The number of rotatable bonds is 4. The van der Waals surface area contributed by atoms with Gasteiger partial charge < -0.3 is 5.32 Å². The first-order valence-corrected chi connectivity index (χ1v) is 7.72. The molecule has 0 fully saturated rings. The monoisotopic (exact) mass is 363 g/mol. The van der Waals surface area contributed by atoms with Gasteiger partial charge in [-0.05, 0) is 29.9 Å². The number of amides is 2. The summed E-state index contributed by atoms with van der Waals surface area (Å²) in [6.07, 6.45) is -0.386. The number of benzene rings is 2. The molecule has 2 aromatic carbocycles. The summed E-state index contributed by atoms with van der Waals surface area (Å²) in [5.74, 6) is -2.69. The van der Waals surface area contributed by atoms with Crippen molar-refractivity contribution in [3.05, 3.63) is 71.3 Å². The van der Waals surface area contributed by atoms with Crippen molar-refractivity contribution in [2.24, 2.45) is 0 Å². The summed E-state index contributed by atoms with van der Waals surface area (Å²) in [5, 5.41) is 2.27. The SMILES string of the molecule is O=C(Cc1c(F)cccc1F)NNC(=S)NC(=O)Cc1ccccc1. The van der Waals surface area contributed by atoms with Crippen LogP contribution in [0.3, 0.4) is 0 Å². The first-order valence-electron chi connectivity index (χ1n) is 7.31. The van der Waals surface area contributed by atoms with E-state index in [2.05, 4.69) is 16.2 Å². The van der Waals surface area contributed by atoms with Gasteiger partial charge in [0.25, 0.3) is 0 Å². The lowest BCUT2D eigenvalue weighted by atomic mass is 10.1. The second-order valence-corrected chi connectivity index (χ2v) is 5.50. The number of hydrazine groups is 1. The zero-order valence-corrected chi connectivity index (χ0v) is 13.8. The summed E-state index contributed by atoms with van der Waals surface area (Å²) in [5.41, 5.74) is 4.95. The molecule has 2 amide bonds. The predicted molar refractivity (Wildman–Crippen MR) is 92.2 cm³/mol. The number of carbonyl (C=O) groups is 2. The molecule has 2 aromatic rings. The van der Waals surface area contributed by atoms with Crippen LogP contribution in [0.4, 0.5) is 8.78 Å². The van der Waals surface area contributed by atoms with Gasteiger partial charge in [0.2, 0.25) is 11.8 Å². The standard InChI is InChI=1S/C17H15F2N3O2S/c18-13-7-4-8-14(19)12(13)10-16(24)21-22-17(25)20-15(23)9-11-5-2-1-3-6-11/h1-8H,9-10H2,(H,21,24)(H2,20,22,23,25). The topological polar surface area (TPSA) is 70.2 Å². The van der Waals surface area contributed by atoms with E-state index in [0.29, 0.717) is 0 Å². The molecule has 3 N–H and O–H groups in total. The summed E-state index contributed by atoms with van der Waals surface area (Å²) in [6, 6.07) is 12.4. The molecule has 0 aliphatic heterocycles. The van der Waals surface area contributed by atoms with Crippen LogP contribution in [0, 0.1) is 11.6 Å². The van der Waals surface area contributed by atoms with Crippen molar-refractivity contribution in [3.8, 4) is 0 Å². The van der Waals surface area contributed by atoms with E-state index in [4.69, 9.17) is 12.2 Å². The average Bonchev–Trinajstić information content (AvgIpc) is 2.57. The van der Waals surface area contributed by atoms with E-state index in [1.165, 1.54) is 6.07 Å². The highest BCUT2D eigenvalue weighted by Gasteiger charge is 2.13. The van der Waals surface area contributed by atoms with Crippen LogP contribution in [0.1, 0.15) is 11.1 Å². The molecular weight excluding hydrogens is 348 g/mol. The van der Waals surface area contributed by atoms with Crippen LogP contribution in [0.15, 0.2) is 48.5 Å². The molecule has 0 heterocycles. The van der Waals surface area contributed by atoms with E-state index >= 15 is 0 Å². The van der Waals surface area contributed by atoms with Gasteiger partial charge in [-0.25, -0.2) is 8.78 Å². The predicted octanol–water partition coefficient (Wildman–Crippen LogP) is 1.77. The fourth-order valence-electron chi connectivity index (χ4n) is 2.02. The molecule has 2 rings (SSSR count). The first-order chi connectivity index (χ1) is 12.0. The van der Waals surface area contributed by atoms with Crippen molar-refractivity contribution >= 4 is 29.1 Å². The van der Waals surface area contributed by atoms with Crippen LogP contribution in [-0.4, -0.2) is 16.9 Å². The normalized spacial score (nSPS) is 10.0. The van der Waals surface area contributed by atoms with Crippen LogP contribution >= 0.6 is 12.2 Å². The van der Waals surface area contributed by atoms with Crippen LogP contribution in [-0.2, 0) is 22.4 Å². The number of thiocarbonyl (C=S) groups is 1. The molecule has 25 heavy (non-hydrogen) atoms. The van der Waals surface area contributed by atoms with Crippen molar-refractivity contribution in [1.29, 1.82) is 0 Å². The van der Waals surface area contributed by atoms with Gasteiger partial charge in [0.05, 0.1) is 12.8 Å². The van der Waals surface area contributed by atoms with Gasteiger partial charge >= 0.3 is 0 Å². The molecule has 0 aromatic heterocycles. The Bertz CT molecular complexity index is 764. The molecule has 0 atom stereocenters. The Labute approximate surface area is 148 Å². The van der Waals surface area contributed by atoms with Crippen molar-refractivity contribution in [2.75, 3.05) is 0 Å². The Morgan fingerprint density at radius 3 is 2.12 bits per heavy atom. The van der Waals surface area contributed by atoms with Gasteiger partial charge in [0.1, 0.15) is 11.6 Å². The molecule has 8 heteroatoms. The van der Waals surface area contributed by atoms with E-state index in [1.54, 1.807) is 24.3 Å². The van der Waals surface area contributed by atoms with Gasteiger partial charge in [0.15, 0.2) is 5.11 Å². The second kappa shape index (κ2) is 8.84. The Balaban J connectivity index is 1.77. The minimum Gasteiger partial charge on any atom is -0.302 e. The zero-order chi connectivity index (χ0) is 18.2. The molecule has 0 saturated carbocycles. The van der Waals surface area contributed by atoms with Gasteiger partial charge in [0, 0.05) is 5.56 Å². The quantitative estimate of drug-likeness (QED) is 0.572. The van der Waals surface area contributed by atoms with Crippen LogP contribution in [0.25, 0.3) is 0 Å². The largest absolute Gasteiger partial charge is 0.302 e. The first kappa shape index (κ1) is 18.5. The van der Waals surface area contributed by atoms with Crippen molar-refractivity contribution in [3.63, 3.8) is 0 Å². The number of carbonyl (C=O) groups excluding carboxylic acids is 2. The Kier molecular flexibility index (Phi) is 6.53. The number of halogens is 2. The molecule has 0 radical (unpaired) electrons. The molecule has 130 valence electrons. The van der Waals surface area contributed by atoms with Crippen molar-refractivity contribution in [2.45, 2.75) is 12.8 Å². The molecule has 0 bridgehead atoms. The fraction of sp³-hybridized carbons (Fsp3) is 0.118. The minimum absolute atomic E-state index is 0.122. The highest BCUT2D eigenvalue weighted by Crippen LogP contribution is 2.12. The van der Waals surface area contributed by atoms with Crippen molar-refractivity contribution in [1.82, 2.24) is 16.2 Å². The minimum atomic E-state index is -0.811. The molecular formula is C17H15F2N3O2S. The van der Waals surface area contributed by atoms with Gasteiger partial charge in [-0.3, -0.25) is 20.4 Å². The molecule has 5 nitrogen and oxygen atoms in total. The maximum atomic E-state index is 13.5. The number of nitrogens with one attached hydrogen (secondary N) is 3. The maximum Gasteiger partial charge on any atom is 0.243 e. The lowest BCUT2D eigenvalue weighted by Gasteiger charge is -2.11. The van der Waals surface area contributed by atoms with Crippen molar-refractivity contribution < 1.29 is 18.4 Å². The second-order valence-electron chi connectivity index (χ2n) is 5.09. The number of hydrogen-bond donors (Lipinski definition) is 3. The fourth-order valence-corrected chi connectivity index (χ4v) is 2.18. The van der Waals surface area contributed by atoms with Gasteiger partial charge in [-0.15, -0.1) is 0 Å². The zero-order valence-electron chi connectivity index (χ0n) is 13.0.